The van der Waals surface area contributed by atoms with Gasteiger partial charge in [0.1, 0.15) is 0 Å². The monoisotopic (exact) mass is 292 g/mol. The summed E-state index contributed by atoms with van der Waals surface area (Å²) in [5.74, 6) is 0. The van der Waals surface area contributed by atoms with Gasteiger partial charge in [-0.1, -0.05) is 43.3 Å². The first-order valence-corrected chi connectivity index (χ1v) is 7.44. The highest BCUT2D eigenvalue weighted by Gasteiger charge is 2.06. The molecular formula is C15H17ClN2S. The van der Waals surface area contributed by atoms with Crippen LogP contribution in [-0.2, 0) is 6.54 Å². The third-order valence-corrected chi connectivity index (χ3v) is 3.95. The van der Waals surface area contributed by atoms with E-state index in [0.29, 0.717) is 6.04 Å². The van der Waals surface area contributed by atoms with E-state index in [1.165, 1.54) is 15.4 Å². The molecule has 1 aromatic heterocycles. The quantitative estimate of drug-likeness (QED) is 0.885. The Morgan fingerprint density at radius 3 is 2.63 bits per heavy atom. The van der Waals surface area contributed by atoms with E-state index in [9.17, 15) is 0 Å². The van der Waals surface area contributed by atoms with Crippen molar-refractivity contribution in [3.63, 3.8) is 0 Å². The van der Waals surface area contributed by atoms with E-state index < -0.39 is 0 Å². The van der Waals surface area contributed by atoms with E-state index in [4.69, 9.17) is 11.6 Å². The van der Waals surface area contributed by atoms with Gasteiger partial charge in [-0.05, 0) is 29.8 Å². The van der Waals surface area contributed by atoms with Crippen molar-refractivity contribution in [3.8, 4) is 0 Å². The molecule has 1 N–H and O–H groups in total. The molecule has 0 aliphatic carbocycles. The van der Waals surface area contributed by atoms with Crippen LogP contribution in [0.2, 0.25) is 5.02 Å². The molecule has 1 aromatic carbocycles. The maximum atomic E-state index is 6.10. The molecule has 1 heterocycles. The molecular weight excluding hydrogens is 276 g/mol. The predicted octanol–water partition coefficient (Wildman–Crippen LogP) is 4.38. The highest BCUT2D eigenvalue weighted by Crippen LogP contribution is 2.32. The summed E-state index contributed by atoms with van der Waals surface area (Å²) < 4.78 is 0. The summed E-state index contributed by atoms with van der Waals surface area (Å²) in [6.07, 6.45) is 3.61. The summed E-state index contributed by atoms with van der Waals surface area (Å²) in [5, 5.41) is 4.21. The van der Waals surface area contributed by atoms with Gasteiger partial charge < -0.3 is 5.32 Å². The number of nitrogens with one attached hydrogen (secondary N) is 1. The SMILES string of the molecule is CC(C)NCc1ccc(Cl)cc1Sc1ccncc1. The smallest absolute Gasteiger partial charge is 0.0417 e. The second kappa shape index (κ2) is 6.94. The van der Waals surface area contributed by atoms with Crippen molar-refractivity contribution in [3.05, 3.63) is 53.3 Å². The zero-order chi connectivity index (χ0) is 13.7. The number of aromatic nitrogens is 1. The summed E-state index contributed by atoms with van der Waals surface area (Å²) in [5.41, 5.74) is 1.26. The number of nitrogens with zero attached hydrogens (tertiary/aromatic N) is 1. The lowest BCUT2D eigenvalue weighted by atomic mass is 10.2. The topological polar surface area (TPSA) is 24.9 Å². The molecule has 0 saturated carbocycles. The minimum atomic E-state index is 0.467. The molecule has 0 aliphatic rings. The number of hydrogen-bond acceptors (Lipinski definition) is 3. The van der Waals surface area contributed by atoms with Crippen LogP contribution in [0.5, 0.6) is 0 Å². The van der Waals surface area contributed by atoms with Crippen LogP contribution in [0.3, 0.4) is 0 Å². The average Bonchev–Trinajstić information content (AvgIpc) is 2.39. The van der Waals surface area contributed by atoms with Crippen molar-refractivity contribution in [1.29, 1.82) is 0 Å². The first kappa shape index (κ1) is 14.4. The summed E-state index contributed by atoms with van der Waals surface area (Å²) in [6.45, 7) is 5.14. The molecule has 0 atom stereocenters. The van der Waals surface area contributed by atoms with Crippen LogP contribution in [0, 0.1) is 0 Å². The van der Waals surface area contributed by atoms with Crippen molar-refractivity contribution in [2.75, 3.05) is 0 Å². The molecule has 0 amide bonds. The molecule has 0 fully saturated rings. The van der Waals surface area contributed by atoms with Crippen LogP contribution in [-0.4, -0.2) is 11.0 Å². The molecule has 100 valence electrons. The average molecular weight is 293 g/mol. The van der Waals surface area contributed by atoms with Gasteiger partial charge in [-0.3, -0.25) is 4.98 Å². The summed E-state index contributed by atoms with van der Waals surface area (Å²) in [4.78, 5) is 6.39. The van der Waals surface area contributed by atoms with Crippen molar-refractivity contribution >= 4 is 23.4 Å². The van der Waals surface area contributed by atoms with Gasteiger partial charge >= 0.3 is 0 Å². The molecule has 2 nitrogen and oxygen atoms in total. The lowest BCUT2D eigenvalue weighted by Crippen LogP contribution is -2.22. The van der Waals surface area contributed by atoms with E-state index in [1.807, 2.05) is 24.3 Å². The van der Waals surface area contributed by atoms with Crippen LogP contribution in [0.15, 0.2) is 52.5 Å². The Labute approximate surface area is 123 Å². The standard InChI is InChI=1S/C15H17ClN2S/c1-11(2)18-10-12-3-4-13(16)9-15(12)19-14-5-7-17-8-6-14/h3-9,11,18H,10H2,1-2H3. The van der Waals surface area contributed by atoms with Gasteiger partial charge in [-0.25, -0.2) is 0 Å². The fourth-order valence-corrected chi connectivity index (χ4v) is 2.82. The normalized spacial score (nSPS) is 10.9. The van der Waals surface area contributed by atoms with Crippen molar-refractivity contribution in [2.24, 2.45) is 0 Å². The molecule has 0 bridgehead atoms. The number of hydrogen-bond donors (Lipinski definition) is 1. The van der Waals surface area contributed by atoms with Crippen LogP contribution >= 0.6 is 23.4 Å². The third-order valence-electron chi connectivity index (χ3n) is 2.61. The van der Waals surface area contributed by atoms with Crippen molar-refractivity contribution in [1.82, 2.24) is 10.3 Å². The van der Waals surface area contributed by atoms with Gasteiger partial charge in [0.05, 0.1) is 0 Å². The number of rotatable bonds is 5. The molecule has 0 saturated heterocycles. The highest BCUT2D eigenvalue weighted by atomic mass is 35.5. The Hall–Kier alpha value is -1.03. The van der Waals surface area contributed by atoms with Gasteiger partial charge in [0.15, 0.2) is 0 Å². The maximum Gasteiger partial charge on any atom is 0.0417 e. The molecule has 0 spiro atoms. The summed E-state index contributed by atoms with van der Waals surface area (Å²) in [7, 11) is 0. The van der Waals surface area contributed by atoms with Gasteiger partial charge in [0.25, 0.3) is 0 Å². The molecule has 2 aromatic rings. The second-order valence-electron chi connectivity index (χ2n) is 4.57. The Bertz CT molecular complexity index is 529. The molecule has 19 heavy (non-hydrogen) atoms. The predicted molar refractivity (Wildman–Crippen MR) is 81.8 cm³/mol. The third kappa shape index (κ3) is 4.53. The zero-order valence-electron chi connectivity index (χ0n) is 11.1. The lowest BCUT2D eigenvalue weighted by Gasteiger charge is -2.12. The minimum Gasteiger partial charge on any atom is -0.310 e. The van der Waals surface area contributed by atoms with Gasteiger partial charge in [0.2, 0.25) is 0 Å². The molecule has 4 heteroatoms. The van der Waals surface area contributed by atoms with E-state index in [-0.39, 0.29) is 0 Å². The van der Waals surface area contributed by atoms with Gasteiger partial charge in [0, 0.05) is 39.8 Å². The Morgan fingerprint density at radius 2 is 1.95 bits per heavy atom. The fraction of sp³-hybridized carbons (Fsp3) is 0.267. The summed E-state index contributed by atoms with van der Waals surface area (Å²) in [6, 6.07) is 10.5. The van der Waals surface area contributed by atoms with E-state index in [0.717, 1.165) is 11.6 Å². The first-order valence-electron chi connectivity index (χ1n) is 6.25. The van der Waals surface area contributed by atoms with E-state index >= 15 is 0 Å². The van der Waals surface area contributed by atoms with Gasteiger partial charge in [-0.15, -0.1) is 0 Å². The van der Waals surface area contributed by atoms with Crippen LogP contribution < -0.4 is 5.32 Å². The fourth-order valence-electron chi connectivity index (χ4n) is 1.62. The van der Waals surface area contributed by atoms with Gasteiger partial charge in [-0.2, -0.15) is 0 Å². The number of benzene rings is 1. The largest absolute Gasteiger partial charge is 0.310 e. The second-order valence-corrected chi connectivity index (χ2v) is 6.12. The van der Waals surface area contributed by atoms with E-state index in [1.54, 1.807) is 24.2 Å². The molecule has 0 unspecified atom stereocenters. The minimum absolute atomic E-state index is 0.467. The number of halogens is 1. The Morgan fingerprint density at radius 1 is 1.21 bits per heavy atom. The Kier molecular flexibility index (Phi) is 5.25. The first-order chi connectivity index (χ1) is 9.15. The highest BCUT2D eigenvalue weighted by molar-refractivity contribution is 7.99. The van der Waals surface area contributed by atoms with Crippen molar-refractivity contribution < 1.29 is 0 Å². The maximum absolute atomic E-state index is 6.10. The zero-order valence-corrected chi connectivity index (χ0v) is 12.6. The van der Waals surface area contributed by atoms with E-state index in [2.05, 4.69) is 30.2 Å². The van der Waals surface area contributed by atoms with Crippen LogP contribution in [0.25, 0.3) is 0 Å². The number of pyridine rings is 1. The molecule has 2 rings (SSSR count). The Balaban J connectivity index is 2.19. The molecule has 0 radical (unpaired) electrons. The van der Waals surface area contributed by atoms with Crippen molar-refractivity contribution in [2.45, 2.75) is 36.2 Å². The summed E-state index contributed by atoms with van der Waals surface area (Å²) >= 11 is 7.82. The van der Waals surface area contributed by atoms with Crippen LogP contribution in [0.4, 0.5) is 0 Å². The molecule has 0 aliphatic heterocycles. The van der Waals surface area contributed by atoms with Crippen LogP contribution in [0.1, 0.15) is 19.4 Å². The lowest BCUT2D eigenvalue weighted by molar-refractivity contribution is 0.585.